The van der Waals surface area contributed by atoms with Crippen molar-refractivity contribution in [1.29, 1.82) is 0 Å². The molecule has 0 aromatic heterocycles. The fourth-order valence-corrected chi connectivity index (χ4v) is 6.67. The number of carbonyl (C=O) groups is 2. The molecule has 0 radical (unpaired) electrons. The van der Waals surface area contributed by atoms with Gasteiger partial charge in [0.1, 0.15) is 6.61 Å². The fraction of sp³-hybridized carbons (Fsp3) is 0.911. The molecule has 0 aliphatic heterocycles. The second kappa shape index (κ2) is 42.1. The minimum Gasteiger partial charge on any atom is -0.462 e. The van der Waals surface area contributed by atoms with Gasteiger partial charge in [-0.05, 0) is 38.5 Å². The molecule has 0 aromatic carbocycles. The van der Waals surface area contributed by atoms with E-state index < -0.39 is 6.10 Å². The fourth-order valence-electron chi connectivity index (χ4n) is 6.67. The predicted molar refractivity (Wildman–Crippen MR) is 215 cm³/mol. The van der Waals surface area contributed by atoms with Crippen LogP contribution in [0.15, 0.2) is 12.2 Å². The molecule has 296 valence electrons. The summed E-state index contributed by atoms with van der Waals surface area (Å²) in [7, 11) is 0. The Morgan fingerprint density at radius 2 is 0.740 bits per heavy atom. The van der Waals surface area contributed by atoms with Gasteiger partial charge in [0, 0.05) is 12.8 Å². The van der Waals surface area contributed by atoms with E-state index >= 15 is 0 Å². The summed E-state index contributed by atoms with van der Waals surface area (Å²) in [5, 5.41) is 9.58. The van der Waals surface area contributed by atoms with Gasteiger partial charge in [-0.3, -0.25) is 9.59 Å². The lowest BCUT2D eigenvalue weighted by molar-refractivity contribution is -0.161. The van der Waals surface area contributed by atoms with Crippen LogP contribution in [0, 0.1) is 0 Å². The Balaban J connectivity index is 3.47. The lowest BCUT2D eigenvalue weighted by atomic mass is 10.0. The van der Waals surface area contributed by atoms with Gasteiger partial charge in [0.15, 0.2) is 6.10 Å². The van der Waals surface area contributed by atoms with Crippen LogP contribution >= 0.6 is 0 Å². The van der Waals surface area contributed by atoms with Crippen molar-refractivity contribution in [2.75, 3.05) is 13.2 Å². The minimum atomic E-state index is -0.766. The number of ether oxygens (including phenoxy) is 2. The third-order valence-electron chi connectivity index (χ3n) is 10.1. The molecule has 0 fully saturated rings. The van der Waals surface area contributed by atoms with Crippen molar-refractivity contribution < 1.29 is 24.2 Å². The van der Waals surface area contributed by atoms with Crippen LogP contribution in [0.5, 0.6) is 0 Å². The average Bonchev–Trinajstić information content (AvgIpc) is 3.12. The number of unbranched alkanes of at least 4 members (excludes halogenated alkanes) is 31. The molecular weight excluding hydrogens is 620 g/mol. The Kier molecular flexibility index (Phi) is 40.9. The van der Waals surface area contributed by atoms with Crippen LogP contribution in [0.3, 0.4) is 0 Å². The van der Waals surface area contributed by atoms with Crippen molar-refractivity contribution in [3.8, 4) is 0 Å². The van der Waals surface area contributed by atoms with Crippen LogP contribution < -0.4 is 0 Å². The van der Waals surface area contributed by atoms with Crippen LogP contribution in [0.25, 0.3) is 0 Å². The zero-order valence-corrected chi connectivity index (χ0v) is 33.7. The Hall–Kier alpha value is -1.36. The van der Waals surface area contributed by atoms with E-state index in [4.69, 9.17) is 9.47 Å². The van der Waals surface area contributed by atoms with Crippen LogP contribution in [-0.2, 0) is 19.1 Å². The first-order chi connectivity index (χ1) is 24.6. The van der Waals surface area contributed by atoms with Gasteiger partial charge in [-0.2, -0.15) is 0 Å². The van der Waals surface area contributed by atoms with Crippen LogP contribution in [0.4, 0.5) is 0 Å². The number of hydrogen-bond donors (Lipinski definition) is 1. The standard InChI is InChI=1S/C45H86O5/c1-3-5-7-9-11-13-15-17-19-20-21-22-23-24-26-28-30-32-34-36-38-40-45(48)50-43(41-46)42-49-44(47)39-37-35-33-31-29-27-25-18-16-14-12-10-8-6-4-2/h14,16,43,46H,3-13,15,17-42H2,1-2H3. The highest BCUT2D eigenvalue weighted by atomic mass is 16.6. The molecule has 5 nitrogen and oxygen atoms in total. The molecule has 1 unspecified atom stereocenters. The summed E-state index contributed by atoms with van der Waals surface area (Å²) in [5.41, 5.74) is 0. The van der Waals surface area contributed by atoms with E-state index in [-0.39, 0.29) is 25.2 Å². The minimum absolute atomic E-state index is 0.0619. The molecule has 1 N–H and O–H groups in total. The van der Waals surface area contributed by atoms with Gasteiger partial charge in [-0.1, -0.05) is 206 Å². The second-order valence-electron chi connectivity index (χ2n) is 15.1. The van der Waals surface area contributed by atoms with Crippen molar-refractivity contribution in [2.24, 2.45) is 0 Å². The first-order valence-electron chi connectivity index (χ1n) is 22.2. The lowest BCUT2D eigenvalue weighted by Gasteiger charge is -2.15. The number of carbonyl (C=O) groups excluding carboxylic acids is 2. The Morgan fingerprint density at radius 3 is 1.10 bits per heavy atom. The smallest absolute Gasteiger partial charge is 0.306 e. The molecule has 50 heavy (non-hydrogen) atoms. The lowest BCUT2D eigenvalue weighted by Crippen LogP contribution is -2.28. The molecule has 5 heteroatoms. The van der Waals surface area contributed by atoms with E-state index in [1.165, 1.54) is 180 Å². The summed E-state index contributed by atoms with van der Waals surface area (Å²) in [6.07, 6.45) is 48.6. The van der Waals surface area contributed by atoms with Crippen molar-refractivity contribution in [3.05, 3.63) is 12.2 Å². The second-order valence-corrected chi connectivity index (χ2v) is 15.1. The van der Waals surface area contributed by atoms with Crippen LogP contribution in [0.2, 0.25) is 0 Å². The van der Waals surface area contributed by atoms with Crippen molar-refractivity contribution >= 4 is 11.9 Å². The molecule has 0 rings (SSSR count). The molecule has 0 amide bonds. The number of allylic oxidation sites excluding steroid dienone is 2. The third kappa shape index (κ3) is 39.4. The van der Waals surface area contributed by atoms with Crippen molar-refractivity contribution in [1.82, 2.24) is 0 Å². The van der Waals surface area contributed by atoms with Gasteiger partial charge in [-0.15, -0.1) is 0 Å². The predicted octanol–water partition coefficient (Wildman–Crippen LogP) is 14.1. The maximum Gasteiger partial charge on any atom is 0.306 e. The van der Waals surface area contributed by atoms with Crippen LogP contribution in [-0.4, -0.2) is 36.4 Å². The number of aliphatic hydroxyl groups excluding tert-OH is 1. The summed E-state index contributed by atoms with van der Waals surface area (Å²) in [4.78, 5) is 24.3. The molecule has 0 aliphatic rings. The summed E-state index contributed by atoms with van der Waals surface area (Å²) in [6, 6.07) is 0. The molecule has 0 saturated heterocycles. The molecular formula is C45H86O5. The molecule has 1 atom stereocenters. The molecule has 0 bridgehead atoms. The Labute approximate surface area is 311 Å². The number of aliphatic hydroxyl groups is 1. The van der Waals surface area contributed by atoms with E-state index in [0.717, 1.165) is 38.5 Å². The number of esters is 2. The Bertz CT molecular complexity index is 720. The molecule has 0 aromatic rings. The largest absolute Gasteiger partial charge is 0.462 e. The van der Waals surface area contributed by atoms with Crippen molar-refractivity contribution in [3.63, 3.8) is 0 Å². The summed E-state index contributed by atoms with van der Waals surface area (Å²) >= 11 is 0. The highest BCUT2D eigenvalue weighted by molar-refractivity contribution is 5.70. The topological polar surface area (TPSA) is 72.8 Å². The summed E-state index contributed by atoms with van der Waals surface area (Å²) < 4.78 is 10.6. The van der Waals surface area contributed by atoms with E-state index in [9.17, 15) is 14.7 Å². The third-order valence-corrected chi connectivity index (χ3v) is 10.1. The maximum absolute atomic E-state index is 12.2. The average molecular weight is 707 g/mol. The SMILES string of the molecule is CCCCCCC=CCCCCCCCCCC(=O)OCC(CO)OC(=O)CCCCCCCCCCCCCCCCCCCCCCC. The van der Waals surface area contributed by atoms with E-state index in [1.807, 2.05) is 0 Å². The first kappa shape index (κ1) is 48.6. The van der Waals surface area contributed by atoms with Gasteiger partial charge in [-0.25, -0.2) is 0 Å². The zero-order valence-electron chi connectivity index (χ0n) is 33.7. The van der Waals surface area contributed by atoms with Gasteiger partial charge < -0.3 is 14.6 Å². The quantitative estimate of drug-likeness (QED) is 0.0389. The van der Waals surface area contributed by atoms with Gasteiger partial charge >= 0.3 is 11.9 Å². The zero-order chi connectivity index (χ0) is 36.4. The highest BCUT2D eigenvalue weighted by Crippen LogP contribution is 2.16. The monoisotopic (exact) mass is 707 g/mol. The highest BCUT2D eigenvalue weighted by Gasteiger charge is 2.16. The number of hydrogen-bond acceptors (Lipinski definition) is 5. The first-order valence-corrected chi connectivity index (χ1v) is 22.2. The van der Waals surface area contributed by atoms with Crippen LogP contribution in [0.1, 0.15) is 245 Å². The van der Waals surface area contributed by atoms with Gasteiger partial charge in [0.2, 0.25) is 0 Å². The maximum atomic E-state index is 12.2. The summed E-state index contributed by atoms with van der Waals surface area (Å²) in [5.74, 6) is -0.582. The van der Waals surface area contributed by atoms with Gasteiger partial charge in [0.25, 0.3) is 0 Å². The van der Waals surface area contributed by atoms with E-state index in [2.05, 4.69) is 26.0 Å². The molecule has 0 saturated carbocycles. The molecule has 0 spiro atoms. The van der Waals surface area contributed by atoms with Crippen molar-refractivity contribution in [2.45, 2.75) is 251 Å². The molecule has 0 heterocycles. The van der Waals surface area contributed by atoms with E-state index in [0.29, 0.717) is 12.8 Å². The Morgan fingerprint density at radius 1 is 0.440 bits per heavy atom. The summed E-state index contributed by atoms with van der Waals surface area (Å²) in [6.45, 7) is 4.15. The number of rotatable bonds is 41. The normalized spacial score (nSPS) is 12.1. The van der Waals surface area contributed by atoms with Gasteiger partial charge in [0.05, 0.1) is 6.61 Å². The molecule has 0 aliphatic carbocycles. The van der Waals surface area contributed by atoms with E-state index in [1.54, 1.807) is 0 Å².